The van der Waals surface area contributed by atoms with Crippen LogP contribution < -0.4 is 0 Å². The zero-order chi connectivity index (χ0) is 62.7. The summed E-state index contributed by atoms with van der Waals surface area (Å²) in [5.74, 6) is -6.94. The van der Waals surface area contributed by atoms with Crippen molar-refractivity contribution >= 4 is 118 Å². The first-order chi connectivity index (χ1) is 39.1. The molecule has 6 aliphatic rings. The molecule has 0 aromatic heterocycles. The molecule has 0 radical (unpaired) electrons. The normalized spacial score (nSPS) is 28.9. The van der Waals surface area contributed by atoms with E-state index in [0.717, 1.165) is 0 Å². The van der Waals surface area contributed by atoms with E-state index >= 15 is 0 Å². The fourth-order valence-corrected chi connectivity index (χ4v) is 56.1. The quantitative estimate of drug-likeness (QED) is 0.0381. The number of hydrogen-bond donors (Lipinski definition) is 0. The van der Waals surface area contributed by atoms with Crippen molar-refractivity contribution in [1.29, 1.82) is 0 Å². The zero-order valence-corrected chi connectivity index (χ0v) is 56.4. The fourth-order valence-electron chi connectivity index (χ4n) is 7.70. The summed E-state index contributed by atoms with van der Waals surface area (Å²) >= 11 is 0. The Balaban J connectivity index is 2.00. The molecule has 8 bridgehead atoms. The Bertz CT molecular complexity index is 2120. The van der Waals surface area contributed by atoms with Crippen LogP contribution in [0.4, 0.5) is 0 Å². The van der Waals surface area contributed by atoms with Crippen LogP contribution in [0.25, 0.3) is 0 Å². The number of carbonyl (C=O) groups excluding carboxylic acids is 8. The maximum Gasteiger partial charge on any atom is 0.482 e. The lowest BCUT2D eigenvalue weighted by atomic mass is 10.4. The largest absolute Gasteiger partial charge is 0.482 e. The second-order valence-electron chi connectivity index (χ2n) is 20.0. The van der Waals surface area contributed by atoms with Crippen molar-refractivity contribution in [2.24, 2.45) is 0 Å². The van der Waals surface area contributed by atoms with Crippen molar-refractivity contribution in [2.45, 2.75) is 104 Å². The highest BCUT2D eigenvalue weighted by Gasteiger charge is 2.83. The van der Waals surface area contributed by atoms with Gasteiger partial charge in [0, 0.05) is 44.6 Å². The third-order valence-electron chi connectivity index (χ3n) is 11.7. The lowest BCUT2D eigenvalue weighted by Crippen LogP contribution is -2.88. The van der Waals surface area contributed by atoms with Crippen LogP contribution >= 0.6 is 0 Å². The SMILES string of the molecule is C=C(C)C(=O)OCC[Si]12O[Si]3(CCOC(=O)C(=C)C)O[Si]4(CCOC(=O)C(=C)C)O[Si](CCOC(=O)C(=C)C)(O1)O[Si]1(CCOC(=O)C(=C)C)O[Si](CCOC(=O)C(=C)C)(O2)O[Si](CCOC(=O)C(=C)C)(O3)O[Si](CCOC(=O)C(=C)C)(O4)O1. The minimum absolute atomic E-state index is 0.0142. The lowest BCUT2D eigenvalue weighted by Gasteiger charge is -2.63. The summed E-state index contributed by atoms with van der Waals surface area (Å²) in [4.78, 5) is 106. The molecule has 6 rings (SSSR count). The van der Waals surface area contributed by atoms with Gasteiger partial charge in [-0.05, 0) is 55.4 Å². The third-order valence-corrected chi connectivity index (χ3v) is 48.0. The molecule has 0 aliphatic carbocycles. The minimum Gasteiger partial charge on any atom is -0.462 e. The summed E-state index contributed by atoms with van der Waals surface area (Å²) < 4.78 is 134. The molecule has 0 amide bonds. The van der Waals surface area contributed by atoms with Gasteiger partial charge in [0.2, 0.25) is 0 Å². The van der Waals surface area contributed by atoms with Crippen molar-refractivity contribution in [3.05, 3.63) is 97.2 Å². The Hall–Kier alpha value is -5.06. The summed E-state index contributed by atoms with van der Waals surface area (Å²) in [6.45, 7) is 35.8. The van der Waals surface area contributed by atoms with E-state index in [0.29, 0.717) is 0 Å². The van der Waals surface area contributed by atoms with Crippen LogP contribution in [-0.4, -0.2) is 171 Å². The molecular weight excluding hydrogens is 1250 g/mol. The summed E-state index contributed by atoms with van der Waals surface area (Å²) in [5, 5.41) is 0. The molecular formula is C48H72O28Si8. The molecule has 6 aliphatic heterocycles. The summed E-state index contributed by atoms with van der Waals surface area (Å²) in [6.07, 6.45) is 0. The van der Waals surface area contributed by atoms with Gasteiger partial charge in [-0.1, -0.05) is 52.6 Å². The van der Waals surface area contributed by atoms with E-state index in [-0.39, 0.29) is 44.6 Å². The van der Waals surface area contributed by atoms with Crippen LogP contribution in [0.5, 0.6) is 0 Å². The van der Waals surface area contributed by atoms with E-state index in [4.69, 9.17) is 87.3 Å². The zero-order valence-electron chi connectivity index (χ0n) is 48.4. The lowest BCUT2D eigenvalue weighted by molar-refractivity contribution is -0.139. The van der Waals surface area contributed by atoms with Gasteiger partial charge in [0.25, 0.3) is 0 Å². The molecule has 6 saturated heterocycles. The van der Waals surface area contributed by atoms with Crippen LogP contribution in [0.1, 0.15) is 55.4 Å². The number of hydrogen-bond acceptors (Lipinski definition) is 28. The van der Waals surface area contributed by atoms with Gasteiger partial charge in [-0.2, -0.15) is 0 Å². The summed E-state index contributed by atoms with van der Waals surface area (Å²) in [7, 11) is -41.7. The number of carbonyl (C=O) groups is 8. The van der Waals surface area contributed by atoms with Gasteiger partial charge in [-0.3, -0.25) is 0 Å². The predicted octanol–water partition coefficient (Wildman–Crippen LogP) is 4.72. The first kappa shape index (κ1) is 69.7. The standard InChI is InChI=1S/C48H72O28Si8/c1-33(2)41(49)57-17-25-77-65-78(26-18-58-42(50)34(3)4)68-81(29-21-61-45(53)37(9)10)70-79(66-77,27-19-59-43(51)35(5)6)72-83(31-23-63-47(55)39(13)14)73-80(67-77,28-20-60-44(52)36(7)8)71-82(69-78,30-22-62-46(54)38(11)12)75-84(74-81,76-83)32-24-64-48(56)40(15)16/h1,3,5,7,9,11,13,15,17-32H2,2,4,6,8,10,12,14,16H3. The maximum absolute atomic E-state index is 13.2. The van der Waals surface area contributed by atoms with Crippen molar-refractivity contribution in [2.75, 3.05) is 52.9 Å². The average molecular weight is 1320 g/mol. The molecule has 0 unspecified atom stereocenters. The third kappa shape index (κ3) is 18.5. The fraction of sp³-hybridized carbons (Fsp3) is 0.500. The molecule has 464 valence electrons. The van der Waals surface area contributed by atoms with Crippen LogP contribution in [0.3, 0.4) is 0 Å². The Morgan fingerprint density at radius 2 is 0.298 bits per heavy atom. The molecule has 0 saturated carbocycles. The molecule has 6 fully saturated rings. The molecule has 0 aromatic rings. The van der Waals surface area contributed by atoms with Crippen LogP contribution in [0.2, 0.25) is 48.4 Å². The van der Waals surface area contributed by atoms with Crippen LogP contribution in [0.15, 0.2) is 97.2 Å². The second kappa shape index (κ2) is 28.6. The summed E-state index contributed by atoms with van der Waals surface area (Å²) in [6, 6.07) is -4.60. The maximum atomic E-state index is 13.2. The smallest absolute Gasteiger partial charge is 0.462 e. The van der Waals surface area contributed by atoms with Gasteiger partial charge in [0.1, 0.15) is 0 Å². The molecule has 28 nitrogen and oxygen atoms in total. The topological polar surface area (TPSA) is 321 Å². The monoisotopic (exact) mass is 1320 g/mol. The molecule has 0 spiro atoms. The number of rotatable bonds is 32. The van der Waals surface area contributed by atoms with E-state index < -0.39 is 219 Å². The van der Waals surface area contributed by atoms with Gasteiger partial charge < -0.3 is 87.3 Å². The second-order valence-corrected chi connectivity index (χ2v) is 44.7. The molecule has 0 atom stereocenters. The predicted molar refractivity (Wildman–Crippen MR) is 304 cm³/mol. The van der Waals surface area contributed by atoms with E-state index in [1.807, 2.05) is 0 Å². The number of esters is 8. The molecule has 6 heterocycles. The van der Waals surface area contributed by atoms with Gasteiger partial charge in [0.05, 0.1) is 101 Å². The summed E-state index contributed by atoms with van der Waals surface area (Å²) in [5.41, 5.74) is -0.113. The van der Waals surface area contributed by atoms with Crippen molar-refractivity contribution in [1.82, 2.24) is 0 Å². The average Bonchev–Trinajstić information content (AvgIpc) is 0.860. The van der Waals surface area contributed by atoms with Crippen molar-refractivity contribution in [3.8, 4) is 0 Å². The molecule has 0 aromatic carbocycles. The highest BCUT2D eigenvalue weighted by Crippen LogP contribution is 2.54. The van der Waals surface area contributed by atoms with Crippen LogP contribution in [0, 0.1) is 0 Å². The van der Waals surface area contributed by atoms with E-state index in [9.17, 15) is 38.4 Å². The van der Waals surface area contributed by atoms with Gasteiger partial charge in [-0.25, -0.2) is 38.4 Å². The number of ether oxygens (including phenoxy) is 8. The van der Waals surface area contributed by atoms with Gasteiger partial charge in [0.15, 0.2) is 0 Å². The Labute approximate surface area is 495 Å². The first-order valence-electron chi connectivity index (χ1n) is 26.1. The Morgan fingerprint density at radius 1 is 0.214 bits per heavy atom. The molecule has 0 N–H and O–H groups in total. The van der Waals surface area contributed by atoms with Crippen LogP contribution in [-0.2, 0) is 126 Å². The van der Waals surface area contributed by atoms with E-state index in [1.54, 1.807) is 0 Å². The highest BCUT2D eigenvalue weighted by atomic mass is 28.6. The van der Waals surface area contributed by atoms with Crippen molar-refractivity contribution in [3.63, 3.8) is 0 Å². The highest BCUT2D eigenvalue weighted by molar-refractivity contribution is 7.03. The molecule has 84 heavy (non-hydrogen) atoms. The van der Waals surface area contributed by atoms with Gasteiger partial charge >= 0.3 is 118 Å². The van der Waals surface area contributed by atoms with E-state index in [1.165, 1.54) is 55.4 Å². The Kier molecular flexibility index (Phi) is 23.8. The van der Waals surface area contributed by atoms with Crippen molar-refractivity contribution < 1.29 is 126 Å². The van der Waals surface area contributed by atoms with Gasteiger partial charge in [-0.15, -0.1) is 0 Å². The first-order valence-corrected chi connectivity index (χ1v) is 41.6. The van der Waals surface area contributed by atoms with E-state index in [2.05, 4.69) is 52.6 Å². The minimum atomic E-state index is -5.21. The molecule has 36 heteroatoms. The Morgan fingerprint density at radius 3 is 0.369 bits per heavy atom.